The number of likely N-dealkylation sites (tertiary alicyclic amines) is 1. The average molecular weight is 427 g/mol. The first kappa shape index (κ1) is 20.8. The van der Waals surface area contributed by atoms with Crippen LogP contribution in [0.1, 0.15) is 66.9 Å². The third-order valence-corrected chi connectivity index (χ3v) is 7.11. The van der Waals surface area contributed by atoms with Gasteiger partial charge in [-0.05, 0) is 44.2 Å². The van der Waals surface area contributed by atoms with E-state index in [2.05, 4.69) is 21.3 Å². The number of hydrogen-bond donors (Lipinski definition) is 1. The predicted octanol–water partition coefficient (Wildman–Crippen LogP) is 4.50. The van der Waals surface area contributed by atoms with Crippen LogP contribution >= 0.6 is 11.3 Å². The van der Waals surface area contributed by atoms with Crippen molar-refractivity contribution < 1.29 is 9.59 Å². The van der Waals surface area contributed by atoms with Crippen molar-refractivity contribution in [2.45, 2.75) is 51.4 Å². The Kier molecular flexibility index (Phi) is 6.67. The Balaban J connectivity index is 1.40. The van der Waals surface area contributed by atoms with Crippen LogP contribution in [0.5, 0.6) is 0 Å². The zero-order valence-electron chi connectivity index (χ0n) is 17.6. The van der Waals surface area contributed by atoms with Crippen molar-refractivity contribution in [3.05, 3.63) is 40.3 Å². The number of carbonyl (C=O) groups is 2. The van der Waals surface area contributed by atoms with Crippen molar-refractivity contribution in [1.29, 1.82) is 0 Å². The fraction of sp³-hybridized carbons (Fsp3) is 0.522. The van der Waals surface area contributed by atoms with Gasteiger partial charge >= 0.3 is 0 Å². The Bertz CT molecular complexity index is 883. The number of nitrogens with zero attached hydrogens (tertiary/aromatic N) is 3. The van der Waals surface area contributed by atoms with Gasteiger partial charge in [0.15, 0.2) is 0 Å². The zero-order chi connectivity index (χ0) is 20.9. The van der Waals surface area contributed by atoms with Crippen molar-refractivity contribution >= 4 is 34.5 Å². The van der Waals surface area contributed by atoms with Gasteiger partial charge in [-0.25, -0.2) is 4.98 Å². The van der Waals surface area contributed by atoms with Crippen LogP contribution in [0.25, 0.3) is 0 Å². The molecule has 30 heavy (non-hydrogen) atoms. The highest BCUT2D eigenvalue weighted by molar-refractivity contribution is 7.10. The molecule has 4 rings (SSSR count). The molecule has 2 fully saturated rings. The van der Waals surface area contributed by atoms with Gasteiger partial charge in [0.25, 0.3) is 5.91 Å². The Hall–Kier alpha value is -2.41. The summed E-state index contributed by atoms with van der Waals surface area (Å²) in [5.41, 5.74) is 2.43. The van der Waals surface area contributed by atoms with E-state index in [0.29, 0.717) is 18.0 Å². The molecule has 7 heteroatoms. The summed E-state index contributed by atoms with van der Waals surface area (Å²) >= 11 is 1.56. The number of amides is 2. The second-order valence-corrected chi connectivity index (χ2v) is 8.99. The van der Waals surface area contributed by atoms with Crippen LogP contribution in [-0.4, -0.2) is 47.9 Å². The van der Waals surface area contributed by atoms with Gasteiger partial charge in [0, 0.05) is 43.9 Å². The Morgan fingerprint density at radius 3 is 2.57 bits per heavy atom. The molecular formula is C23H30N4O2S. The summed E-state index contributed by atoms with van der Waals surface area (Å²) < 4.78 is 0. The highest BCUT2D eigenvalue weighted by Gasteiger charge is 2.26. The minimum atomic E-state index is -0.152. The molecule has 6 nitrogen and oxygen atoms in total. The SMILES string of the molecule is CCC(=O)N1CCC(c2nc(C(=O)Nc3ccccc3N3CCCCC3)cs2)CC1. The molecule has 0 atom stereocenters. The fourth-order valence-corrected chi connectivity index (χ4v) is 5.33. The van der Waals surface area contributed by atoms with Crippen LogP contribution in [0.2, 0.25) is 0 Å². The molecule has 0 bridgehead atoms. The molecule has 160 valence electrons. The van der Waals surface area contributed by atoms with Crippen molar-refractivity contribution in [2.24, 2.45) is 0 Å². The van der Waals surface area contributed by atoms with Crippen molar-refractivity contribution in [3.63, 3.8) is 0 Å². The molecule has 2 amide bonds. The van der Waals surface area contributed by atoms with Crippen LogP contribution in [-0.2, 0) is 4.79 Å². The largest absolute Gasteiger partial charge is 0.370 e. The lowest BCUT2D eigenvalue weighted by Crippen LogP contribution is -2.37. The Morgan fingerprint density at radius 1 is 1.10 bits per heavy atom. The van der Waals surface area contributed by atoms with Gasteiger partial charge in [0.2, 0.25) is 5.91 Å². The van der Waals surface area contributed by atoms with E-state index in [4.69, 9.17) is 0 Å². The number of benzene rings is 1. The number of anilines is 2. The molecule has 0 radical (unpaired) electrons. The molecule has 0 saturated carbocycles. The summed E-state index contributed by atoms with van der Waals surface area (Å²) in [6.45, 7) is 5.53. The molecule has 0 unspecified atom stereocenters. The highest BCUT2D eigenvalue weighted by atomic mass is 32.1. The summed E-state index contributed by atoms with van der Waals surface area (Å²) in [7, 11) is 0. The Morgan fingerprint density at radius 2 is 1.83 bits per heavy atom. The number of aromatic nitrogens is 1. The van der Waals surface area contributed by atoms with Gasteiger partial charge in [0.1, 0.15) is 5.69 Å². The lowest BCUT2D eigenvalue weighted by Gasteiger charge is -2.31. The first-order valence-electron chi connectivity index (χ1n) is 11.0. The normalized spacial score (nSPS) is 17.8. The van der Waals surface area contributed by atoms with Crippen molar-refractivity contribution in [1.82, 2.24) is 9.88 Å². The molecule has 3 heterocycles. The molecule has 2 aromatic rings. The minimum absolute atomic E-state index is 0.152. The van der Waals surface area contributed by atoms with Crippen LogP contribution in [0.3, 0.4) is 0 Å². The van der Waals surface area contributed by atoms with E-state index in [0.717, 1.165) is 55.4 Å². The quantitative estimate of drug-likeness (QED) is 0.764. The van der Waals surface area contributed by atoms with Crippen LogP contribution < -0.4 is 10.2 Å². The molecule has 1 aromatic carbocycles. The van der Waals surface area contributed by atoms with E-state index in [1.54, 1.807) is 11.3 Å². The summed E-state index contributed by atoms with van der Waals surface area (Å²) in [5, 5.41) is 5.95. The summed E-state index contributed by atoms with van der Waals surface area (Å²) in [6, 6.07) is 8.03. The standard InChI is InChI=1S/C23H30N4O2S/c1-2-21(28)27-14-10-17(11-15-27)23-25-19(16-30-23)22(29)24-18-8-4-5-9-20(18)26-12-6-3-7-13-26/h4-5,8-9,16-17H,2-3,6-7,10-15H2,1H3,(H,24,29). The van der Waals surface area contributed by atoms with E-state index in [9.17, 15) is 9.59 Å². The Labute approximate surface area is 182 Å². The number of rotatable bonds is 5. The lowest BCUT2D eigenvalue weighted by atomic mass is 9.97. The first-order chi connectivity index (χ1) is 14.7. The second kappa shape index (κ2) is 9.60. The smallest absolute Gasteiger partial charge is 0.275 e. The van der Waals surface area contributed by atoms with E-state index in [1.165, 1.54) is 19.3 Å². The number of nitrogens with one attached hydrogen (secondary N) is 1. The van der Waals surface area contributed by atoms with Crippen molar-refractivity contribution in [3.8, 4) is 0 Å². The van der Waals surface area contributed by atoms with Crippen molar-refractivity contribution in [2.75, 3.05) is 36.4 Å². The summed E-state index contributed by atoms with van der Waals surface area (Å²) in [6.07, 6.45) is 6.06. The maximum absolute atomic E-state index is 12.9. The van der Waals surface area contributed by atoms with Gasteiger partial charge in [-0.15, -0.1) is 11.3 Å². The highest BCUT2D eigenvalue weighted by Crippen LogP contribution is 2.32. The molecule has 0 spiro atoms. The van der Waals surface area contributed by atoms with E-state index < -0.39 is 0 Å². The molecule has 0 aliphatic carbocycles. The summed E-state index contributed by atoms with van der Waals surface area (Å²) in [5.74, 6) is 0.402. The third-order valence-electron chi connectivity index (χ3n) is 6.10. The number of thiazole rings is 1. The molecule has 1 aromatic heterocycles. The molecule has 1 N–H and O–H groups in total. The minimum Gasteiger partial charge on any atom is -0.370 e. The summed E-state index contributed by atoms with van der Waals surface area (Å²) in [4.78, 5) is 33.7. The maximum Gasteiger partial charge on any atom is 0.275 e. The molecule has 2 saturated heterocycles. The van der Waals surface area contributed by atoms with E-state index in [-0.39, 0.29) is 11.8 Å². The van der Waals surface area contributed by atoms with Crippen LogP contribution in [0.15, 0.2) is 29.6 Å². The van der Waals surface area contributed by atoms with Gasteiger partial charge in [-0.3, -0.25) is 9.59 Å². The van der Waals surface area contributed by atoms with Gasteiger partial charge in [-0.2, -0.15) is 0 Å². The van der Waals surface area contributed by atoms with Gasteiger partial charge in [-0.1, -0.05) is 19.1 Å². The lowest BCUT2D eigenvalue weighted by molar-refractivity contribution is -0.131. The van der Waals surface area contributed by atoms with E-state index >= 15 is 0 Å². The molecular weight excluding hydrogens is 396 g/mol. The number of para-hydroxylation sites is 2. The van der Waals surface area contributed by atoms with Crippen LogP contribution in [0.4, 0.5) is 11.4 Å². The molecule has 2 aliphatic rings. The fourth-order valence-electron chi connectivity index (χ4n) is 4.36. The topological polar surface area (TPSA) is 65.5 Å². The monoisotopic (exact) mass is 426 g/mol. The third kappa shape index (κ3) is 4.67. The zero-order valence-corrected chi connectivity index (χ0v) is 18.4. The predicted molar refractivity (Wildman–Crippen MR) is 121 cm³/mol. The second-order valence-electron chi connectivity index (χ2n) is 8.10. The number of piperidine rings is 2. The number of hydrogen-bond acceptors (Lipinski definition) is 5. The first-order valence-corrected chi connectivity index (χ1v) is 11.9. The van der Waals surface area contributed by atoms with Gasteiger partial charge in [0.05, 0.1) is 16.4 Å². The maximum atomic E-state index is 12.9. The van der Waals surface area contributed by atoms with Gasteiger partial charge < -0.3 is 15.1 Å². The average Bonchev–Trinajstić information content (AvgIpc) is 3.30. The number of carbonyl (C=O) groups excluding carboxylic acids is 2. The van der Waals surface area contributed by atoms with E-state index in [1.807, 2.05) is 35.4 Å². The molecule has 2 aliphatic heterocycles. The van der Waals surface area contributed by atoms with Crippen LogP contribution in [0, 0.1) is 0 Å².